The first-order chi connectivity index (χ1) is 7.30. The molecule has 0 spiro atoms. The summed E-state index contributed by atoms with van der Waals surface area (Å²) < 4.78 is 25.0. The summed E-state index contributed by atoms with van der Waals surface area (Å²) in [5, 5.41) is 3.47. The molecule has 2 nitrogen and oxygen atoms in total. The molecule has 2 unspecified atom stereocenters. The lowest BCUT2D eigenvalue weighted by molar-refractivity contribution is 0.0608. The van der Waals surface area contributed by atoms with Gasteiger partial charge in [0.05, 0.1) is 6.54 Å². The number of rotatable bonds is 2. The van der Waals surface area contributed by atoms with Crippen LogP contribution in [-0.2, 0) is 0 Å². The van der Waals surface area contributed by atoms with E-state index in [0.29, 0.717) is 0 Å². The lowest BCUT2D eigenvalue weighted by atomic mass is 9.86. The SMILES string of the molecule is CC1CCNC(C(C)(C)C)CN1CC(F)F. The Morgan fingerprint density at radius 2 is 2.00 bits per heavy atom. The first-order valence-electron chi connectivity index (χ1n) is 6.06. The van der Waals surface area contributed by atoms with E-state index in [1.54, 1.807) is 0 Å². The maximum Gasteiger partial charge on any atom is 0.251 e. The third-order valence-electron chi connectivity index (χ3n) is 3.41. The molecule has 96 valence electrons. The fraction of sp³-hybridized carbons (Fsp3) is 1.00. The Kier molecular flexibility index (Phi) is 4.68. The molecular weight excluding hydrogens is 210 g/mol. The van der Waals surface area contributed by atoms with Gasteiger partial charge in [0.15, 0.2) is 0 Å². The van der Waals surface area contributed by atoms with Gasteiger partial charge in [0, 0.05) is 18.6 Å². The standard InChI is InChI=1S/C12H24F2N2/c1-9-5-6-15-10(12(2,3)4)7-16(9)8-11(13)14/h9-11,15H,5-8H2,1-4H3. The predicted octanol–water partition coefficient (Wildman–Crippen LogP) is 2.35. The van der Waals surface area contributed by atoms with Gasteiger partial charge in [-0.3, -0.25) is 4.90 Å². The lowest BCUT2D eigenvalue weighted by Crippen LogP contribution is -2.48. The summed E-state index contributed by atoms with van der Waals surface area (Å²) >= 11 is 0. The first kappa shape index (κ1) is 13.8. The summed E-state index contributed by atoms with van der Waals surface area (Å²) in [6.07, 6.45) is -1.29. The van der Waals surface area contributed by atoms with E-state index in [9.17, 15) is 8.78 Å². The number of alkyl halides is 2. The number of hydrogen-bond acceptors (Lipinski definition) is 2. The molecule has 1 aliphatic rings. The molecule has 1 N–H and O–H groups in total. The second kappa shape index (κ2) is 5.41. The number of nitrogens with one attached hydrogen (secondary N) is 1. The molecule has 1 aliphatic heterocycles. The van der Waals surface area contributed by atoms with Crippen molar-refractivity contribution in [3.8, 4) is 0 Å². The third kappa shape index (κ3) is 3.98. The van der Waals surface area contributed by atoms with Crippen molar-refractivity contribution in [3.63, 3.8) is 0 Å². The average Bonchev–Trinajstić information content (AvgIpc) is 2.27. The van der Waals surface area contributed by atoms with Crippen LogP contribution < -0.4 is 5.32 Å². The summed E-state index contributed by atoms with van der Waals surface area (Å²) in [6, 6.07) is 0.532. The van der Waals surface area contributed by atoms with Gasteiger partial charge in [-0.1, -0.05) is 20.8 Å². The summed E-state index contributed by atoms with van der Waals surface area (Å²) in [6.45, 7) is 10.0. The molecule has 16 heavy (non-hydrogen) atoms. The molecule has 0 radical (unpaired) electrons. The minimum absolute atomic E-state index is 0.102. The van der Waals surface area contributed by atoms with Crippen LogP contribution in [0.1, 0.15) is 34.1 Å². The highest BCUT2D eigenvalue weighted by Gasteiger charge is 2.31. The topological polar surface area (TPSA) is 15.3 Å². The zero-order valence-corrected chi connectivity index (χ0v) is 10.8. The van der Waals surface area contributed by atoms with Crippen molar-refractivity contribution >= 4 is 0 Å². The number of hydrogen-bond donors (Lipinski definition) is 1. The van der Waals surface area contributed by atoms with Gasteiger partial charge in [0.1, 0.15) is 0 Å². The highest BCUT2D eigenvalue weighted by atomic mass is 19.3. The molecule has 0 amide bonds. The van der Waals surface area contributed by atoms with Crippen molar-refractivity contribution in [1.82, 2.24) is 10.2 Å². The Balaban J connectivity index is 2.66. The molecule has 0 aromatic rings. The van der Waals surface area contributed by atoms with Crippen molar-refractivity contribution < 1.29 is 8.78 Å². The van der Waals surface area contributed by atoms with Gasteiger partial charge in [-0.2, -0.15) is 0 Å². The Labute approximate surface area is 97.4 Å². The highest BCUT2D eigenvalue weighted by Crippen LogP contribution is 2.23. The average molecular weight is 234 g/mol. The largest absolute Gasteiger partial charge is 0.312 e. The van der Waals surface area contributed by atoms with E-state index in [0.717, 1.165) is 19.5 Å². The van der Waals surface area contributed by atoms with Gasteiger partial charge in [-0.15, -0.1) is 0 Å². The van der Waals surface area contributed by atoms with E-state index in [1.165, 1.54) is 0 Å². The van der Waals surface area contributed by atoms with Crippen LogP contribution in [0.25, 0.3) is 0 Å². The molecule has 1 fully saturated rings. The predicted molar refractivity (Wildman–Crippen MR) is 62.9 cm³/mol. The van der Waals surface area contributed by atoms with Crippen LogP contribution in [0.15, 0.2) is 0 Å². The van der Waals surface area contributed by atoms with Crippen LogP contribution in [0.4, 0.5) is 8.78 Å². The van der Waals surface area contributed by atoms with Gasteiger partial charge in [0.2, 0.25) is 0 Å². The Morgan fingerprint density at radius 3 is 2.50 bits per heavy atom. The van der Waals surface area contributed by atoms with Crippen LogP contribution in [0, 0.1) is 5.41 Å². The second-order valence-electron chi connectivity index (χ2n) is 5.86. The molecule has 1 saturated heterocycles. The van der Waals surface area contributed by atoms with E-state index in [-0.39, 0.29) is 24.0 Å². The van der Waals surface area contributed by atoms with E-state index >= 15 is 0 Å². The zero-order chi connectivity index (χ0) is 12.3. The van der Waals surface area contributed by atoms with Gasteiger partial charge in [0.25, 0.3) is 6.43 Å². The Morgan fingerprint density at radius 1 is 1.38 bits per heavy atom. The highest BCUT2D eigenvalue weighted by molar-refractivity contribution is 4.88. The van der Waals surface area contributed by atoms with E-state index < -0.39 is 6.43 Å². The Hall–Kier alpha value is -0.220. The zero-order valence-electron chi connectivity index (χ0n) is 10.8. The minimum atomic E-state index is -2.24. The number of halogens is 2. The van der Waals surface area contributed by atoms with Crippen molar-refractivity contribution in [2.75, 3.05) is 19.6 Å². The Bertz CT molecular complexity index is 214. The molecule has 2 atom stereocenters. The summed E-state index contributed by atoms with van der Waals surface area (Å²) in [5.74, 6) is 0. The van der Waals surface area contributed by atoms with Crippen molar-refractivity contribution in [3.05, 3.63) is 0 Å². The molecule has 0 aromatic heterocycles. The summed E-state index contributed by atoms with van der Waals surface area (Å²) in [5.41, 5.74) is 0.116. The number of nitrogens with zero attached hydrogens (tertiary/aromatic N) is 1. The first-order valence-corrected chi connectivity index (χ1v) is 6.06. The smallest absolute Gasteiger partial charge is 0.251 e. The van der Waals surface area contributed by atoms with E-state index in [4.69, 9.17) is 0 Å². The van der Waals surface area contributed by atoms with Crippen molar-refractivity contribution in [2.45, 2.75) is 52.6 Å². The summed E-state index contributed by atoms with van der Waals surface area (Å²) in [4.78, 5) is 1.92. The monoisotopic (exact) mass is 234 g/mol. The molecule has 0 aliphatic carbocycles. The molecule has 0 saturated carbocycles. The van der Waals surface area contributed by atoms with Crippen molar-refractivity contribution in [1.29, 1.82) is 0 Å². The minimum Gasteiger partial charge on any atom is -0.312 e. The van der Waals surface area contributed by atoms with E-state index in [2.05, 4.69) is 26.1 Å². The fourth-order valence-electron chi connectivity index (χ4n) is 2.14. The van der Waals surface area contributed by atoms with Gasteiger partial charge in [-0.05, 0) is 25.3 Å². The van der Waals surface area contributed by atoms with E-state index in [1.807, 2.05) is 11.8 Å². The molecule has 1 rings (SSSR count). The quantitative estimate of drug-likeness (QED) is 0.789. The lowest BCUT2D eigenvalue weighted by Gasteiger charge is -2.35. The molecular formula is C12H24F2N2. The van der Waals surface area contributed by atoms with Crippen LogP contribution >= 0.6 is 0 Å². The van der Waals surface area contributed by atoms with Gasteiger partial charge < -0.3 is 5.32 Å². The van der Waals surface area contributed by atoms with Crippen LogP contribution in [0.2, 0.25) is 0 Å². The van der Waals surface area contributed by atoms with Crippen LogP contribution in [0.3, 0.4) is 0 Å². The van der Waals surface area contributed by atoms with Crippen molar-refractivity contribution in [2.24, 2.45) is 5.41 Å². The maximum absolute atomic E-state index is 12.5. The maximum atomic E-state index is 12.5. The molecule has 4 heteroatoms. The fourth-order valence-corrected chi connectivity index (χ4v) is 2.14. The second-order valence-corrected chi connectivity index (χ2v) is 5.86. The summed E-state index contributed by atoms with van der Waals surface area (Å²) in [7, 11) is 0. The molecule has 0 bridgehead atoms. The van der Waals surface area contributed by atoms with Crippen LogP contribution in [0.5, 0.6) is 0 Å². The molecule has 1 heterocycles. The molecule has 0 aromatic carbocycles. The third-order valence-corrected chi connectivity index (χ3v) is 3.41. The van der Waals surface area contributed by atoms with Gasteiger partial charge >= 0.3 is 0 Å². The normalized spacial score (nSPS) is 29.4. The van der Waals surface area contributed by atoms with Gasteiger partial charge in [-0.25, -0.2) is 8.78 Å². The van der Waals surface area contributed by atoms with Crippen LogP contribution in [-0.4, -0.2) is 43.0 Å².